The number of nitriles is 1. The highest BCUT2D eigenvalue weighted by atomic mass is 35.5. The molecule has 4 saturated heterocycles. The smallest absolute Gasteiger partial charge is 0.318 e. The van der Waals surface area contributed by atoms with Gasteiger partial charge in [0.2, 0.25) is 17.6 Å². The van der Waals surface area contributed by atoms with Crippen molar-refractivity contribution in [2.24, 2.45) is 5.92 Å². The zero-order valence-electron chi connectivity index (χ0n) is 49.7. The van der Waals surface area contributed by atoms with E-state index in [4.69, 9.17) is 26.3 Å². The van der Waals surface area contributed by atoms with Crippen molar-refractivity contribution in [2.75, 3.05) is 116 Å². The number of hydrogen-bond acceptors (Lipinski definition) is 17. The molecule has 0 saturated carbocycles. The lowest BCUT2D eigenvalue weighted by Crippen LogP contribution is -2.55. The van der Waals surface area contributed by atoms with Gasteiger partial charge in [-0.3, -0.25) is 33.7 Å². The lowest BCUT2D eigenvalue weighted by atomic mass is 9.95. The Labute approximate surface area is 507 Å². The summed E-state index contributed by atoms with van der Waals surface area (Å²) in [6, 6.07) is 25.3. The van der Waals surface area contributed by atoms with Gasteiger partial charge in [0.1, 0.15) is 23.9 Å². The second-order valence-electron chi connectivity index (χ2n) is 24.0. The van der Waals surface area contributed by atoms with Crippen molar-refractivity contribution in [3.05, 3.63) is 119 Å². The number of halogens is 1. The molecule has 0 aliphatic carbocycles. The van der Waals surface area contributed by atoms with Crippen LogP contribution in [0, 0.1) is 17.2 Å². The monoisotopic (exact) mass is 1190 g/mol. The molecule has 0 spiro atoms. The minimum Gasteiger partial charge on any atom is -0.508 e. The molecule has 1 unspecified atom stereocenters. The van der Waals surface area contributed by atoms with Crippen LogP contribution in [0.4, 0.5) is 11.5 Å². The third-order valence-corrected chi connectivity index (χ3v) is 18.3. The molecule has 21 nitrogen and oxygen atoms in total. The number of hydrogen-bond donors (Lipinski definition) is 4. The van der Waals surface area contributed by atoms with Crippen molar-refractivity contribution in [2.45, 2.75) is 83.1 Å². The summed E-state index contributed by atoms with van der Waals surface area (Å²) in [5.41, 5.74) is 5.61. The first-order valence-corrected chi connectivity index (χ1v) is 30.5. The number of amides is 3. The number of benzene rings is 4. The van der Waals surface area contributed by atoms with Gasteiger partial charge in [0.05, 0.1) is 41.4 Å². The lowest BCUT2D eigenvalue weighted by Gasteiger charge is -2.42. The zero-order valence-corrected chi connectivity index (χ0v) is 50.4. The summed E-state index contributed by atoms with van der Waals surface area (Å²) in [6.45, 7) is 18.4. The van der Waals surface area contributed by atoms with Gasteiger partial charge in [0, 0.05) is 125 Å². The van der Waals surface area contributed by atoms with E-state index >= 15 is 0 Å². The number of piperazine rings is 2. The number of phenols is 2. The largest absolute Gasteiger partial charge is 0.508 e. The van der Waals surface area contributed by atoms with E-state index in [1.165, 1.54) is 12.1 Å². The molecule has 4 fully saturated rings. The molecule has 5 aliphatic heterocycles. The first-order valence-electron chi connectivity index (χ1n) is 30.2. The van der Waals surface area contributed by atoms with E-state index in [-0.39, 0.29) is 83.3 Å². The molecular weight excluding hydrogens is 1110 g/mol. The van der Waals surface area contributed by atoms with Crippen LogP contribution in [0.25, 0.3) is 27.8 Å². The van der Waals surface area contributed by atoms with Crippen molar-refractivity contribution >= 4 is 51.6 Å². The zero-order chi connectivity index (χ0) is 60.2. The normalized spacial score (nSPS) is 20.1. The Balaban J connectivity index is 0.715. The highest BCUT2D eigenvalue weighted by molar-refractivity contribution is 6.36. The Morgan fingerprint density at radius 2 is 1.64 bits per heavy atom. The van der Waals surface area contributed by atoms with E-state index in [1.54, 1.807) is 15.5 Å². The number of rotatable bonds is 18. The molecule has 7 heterocycles. The molecule has 3 amide bonds. The first-order chi connectivity index (χ1) is 41.6. The predicted molar refractivity (Wildman–Crippen MR) is 331 cm³/mol. The van der Waals surface area contributed by atoms with E-state index in [9.17, 15) is 29.9 Å². The quantitative estimate of drug-likeness (QED) is 0.0703. The molecule has 0 radical (unpaired) electrons. The van der Waals surface area contributed by atoms with E-state index in [0.29, 0.717) is 100 Å². The molecule has 0 bridgehead atoms. The van der Waals surface area contributed by atoms with Crippen LogP contribution in [-0.2, 0) is 29.1 Å². The van der Waals surface area contributed by atoms with Crippen molar-refractivity contribution < 1.29 is 29.3 Å². The number of nitrogens with zero attached hydrogens (tertiary/aromatic N) is 13. The fourth-order valence-corrected chi connectivity index (χ4v) is 13.3. The number of nitrogens with one attached hydrogen (secondary N) is 2. The molecule has 2 aromatic heterocycles. The van der Waals surface area contributed by atoms with Crippen molar-refractivity contribution in [1.82, 2.24) is 59.9 Å². The topological polar surface area (TPSA) is 228 Å². The summed E-state index contributed by atoms with van der Waals surface area (Å²) in [4.78, 5) is 66.3. The number of phenolic OH excluding ortho intramolecular Hbond substituents is 2. The standard InChI is InChI=1S/C64H78ClN15O6/c1-6-57(83)79-32-31-78(38-47(79)17-21-66)59-49-20-25-77(54-12-8-10-43-9-7-11-52(65)58(43)54)39-53(49)69-64(70-59)86-40-48-33-45(37-74(48)5)68-62(84)44-18-23-76(24-19-44)36-42-13-15-46(16-14-42)80-60(51-34-50(41(2)3)55(81)35-56(51)82)71-72-61(80)63(85)67-22-26-75-29-27-73(4)28-30-75/h6-16,34-35,41,44-45,47-48,81-82H,1,17-20,22-33,36-40H2,2-5H3,(H,67,85)(H,68,84)/t45-,47?,48+/m1/s1. The molecule has 3 atom stereocenters. The van der Waals surface area contributed by atoms with Crippen LogP contribution in [-0.4, -0.2) is 201 Å². The van der Waals surface area contributed by atoms with Crippen LogP contribution >= 0.6 is 11.6 Å². The Bertz CT molecular complexity index is 3500. The molecule has 22 heteroatoms. The Morgan fingerprint density at radius 3 is 2.38 bits per heavy atom. The number of aromatic hydroxyl groups is 2. The number of piperidine rings is 1. The summed E-state index contributed by atoms with van der Waals surface area (Å²) in [5.74, 6) is 0.274. The second-order valence-corrected chi connectivity index (χ2v) is 24.4. The average molecular weight is 1190 g/mol. The molecule has 6 aromatic rings. The summed E-state index contributed by atoms with van der Waals surface area (Å²) in [6.07, 6.45) is 4.32. The fourth-order valence-electron chi connectivity index (χ4n) is 13.0. The minimum absolute atomic E-state index is 0.00490. The number of carbonyl (C=O) groups excluding carboxylic acids is 3. The van der Waals surface area contributed by atoms with Crippen LogP contribution in [0.2, 0.25) is 5.02 Å². The number of ether oxygens (including phenoxy) is 1. The van der Waals surface area contributed by atoms with E-state index in [2.05, 4.69) is 101 Å². The van der Waals surface area contributed by atoms with Crippen LogP contribution in [0.3, 0.4) is 0 Å². The maximum atomic E-state index is 13.9. The van der Waals surface area contributed by atoms with Gasteiger partial charge >= 0.3 is 6.01 Å². The maximum absolute atomic E-state index is 13.9. The number of likely N-dealkylation sites (tertiary alicyclic amines) is 2. The van der Waals surface area contributed by atoms with Crippen LogP contribution < -0.4 is 25.2 Å². The third-order valence-electron chi connectivity index (χ3n) is 17.9. The van der Waals surface area contributed by atoms with E-state index in [1.807, 2.05) is 50.2 Å². The van der Waals surface area contributed by atoms with Gasteiger partial charge in [-0.2, -0.15) is 15.2 Å². The molecule has 11 rings (SSSR count). The van der Waals surface area contributed by atoms with Crippen LogP contribution in [0.1, 0.15) is 78.5 Å². The Hall–Kier alpha value is -7.87. The van der Waals surface area contributed by atoms with E-state index < -0.39 is 0 Å². The van der Waals surface area contributed by atoms with Gasteiger partial charge in [-0.1, -0.05) is 68.4 Å². The predicted octanol–water partition coefficient (Wildman–Crippen LogP) is 6.20. The highest BCUT2D eigenvalue weighted by Gasteiger charge is 2.37. The molecule has 4 aromatic carbocycles. The molecule has 452 valence electrons. The summed E-state index contributed by atoms with van der Waals surface area (Å²) < 4.78 is 8.23. The van der Waals surface area contributed by atoms with Crippen LogP contribution in [0.15, 0.2) is 85.5 Å². The minimum atomic E-state index is -0.381. The number of fused-ring (bicyclic) bond motifs is 2. The second kappa shape index (κ2) is 26.4. The summed E-state index contributed by atoms with van der Waals surface area (Å²) in [5, 5.41) is 49.6. The number of anilines is 2. The first kappa shape index (κ1) is 59.8. The van der Waals surface area contributed by atoms with Gasteiger partial charge in [0.25, 0.3) is 5.91 Å². The summed E-state index contributed by atoms with van der Waals surface area (Å²) >= 11 is 6.83. The van der Waals surface area contributed by atoms with Gasteiger partial charge in [-0.15, -0.1) is 10.2 Å². The lowest BCUT2D eigenvalue weighted by molar-refractivity contribution is -0.128. The third kappa shape index (κ3) is 13.1. The van der Waals surface area contributed by atoms with E-state index in [0.717, 1.165) is 91.2 Å². The number of carbonyl (C=O) groups is 3. The van der Waals surface area contributed by atoms with Crippen molar-refractivity contribution in [1.29, 1.82) is 5.26 Å². The van der Waals surface area contributed by atoms with Gasteiger partial charge in [0.15, 0.2) is 5.82 Å². The van der Waals surface area contributed by atoms with Crippen molar-refractivity contribution in [3.63, 3.8) is 0 Å². The SMILES string of the molecule is C=CC(=O)N1CCN(c2nc(OC[C@@H]3C[C@@H](NC(=O)C4CCN(Cc5ccc(-n6c(C(=O)NCCN7CCN(C)CC7)nnc6-c6cc(C(C)C)c(O)cc6O)cc5)CC4)CN3C)nc3c2CCN(c2cccc4cccc(Cl)c24)C3)CC1CC#N. The number of likely N-dealkylation sites (N-methyl/N-ethyl adjacent to an activating group) is 2. The van der Waals surface area contributed by atoms with Crippen molar-refractivity contribution in [3.8, 4) is 40.7 Å². The van der Waals surface area contributed by atoms with Gasteiger partial charge in [-0.05, 0) is 112 Å². The summed E-state index contributed by atoms with van der Waals surface area (Å²) in [7, 11) is 4.17. The van der Waals surface area contributed by atoms with Gasteiger partial charge < -0.3 is 45.2 Å². The highest BCUT2D eigenvalue weighted by Crippen LogP contribution is 2.40. The maximum Gasteiger partial charge on any atom is 0.318 e. The van der Waals surface area contributed by atoms with Crippen LogP contribution in [0.5, 0.6) is 17.5 Å². The molecule has 4 N–H and O–H groups in total. The molecule has 5 aliphatic rings. The Kier molecular flexibility index (Phi) is 18.4. The van der Waals surface area contributed by atoms with Gasteiger partial charge in [-0.25, -0.2) is 0 Å². The molecule has 86 heavy (non-hydrogen) atoms. The fraction of sp³-hybridized carbons (Fsp3) is 0.469. The average Bonchev–Trinajstić information content (AvgIpc) is 1.52. The number of aromatic nitrogens is 5. The Morgan fingerprint density at radius 1 is 0.872 bits per heavy atom. The molecular formula is C64H78ClN15O6.